The predicted octanol–water partition coefficient (Wildman–Crippen LogP) is 1.49. The highest BCUT2D eigenvalue weighted by Gasteiger charge is 2.33. The molecular formula is C6H7F3O2. The zero-order chi connectivity index (χ0) is 9.07. The van der Waals surface area contributed by atoms with Gasteiger partial charge in [0, 0.05) is 6.42 Å². The van der Waals surface area contributed by atoms with Gasteiger partial charge < -0.3 is 0 Å². The van der Waals surface area contributed by atoms with Gasteiger partial charge in [-0.25, -0.2) is 0 Å². The molecule has 0 aromatic heterocycles. The number of rotatable bonds is 3. The van der Waals surface area contributed by atoms with E-state index >= 15 is 0 Å². The first kappa shape index (κ1) is 10.1. The van der Waals surface area contributed by atoms with E-state index in [0.29, 0.717) is 0 Å². The normalized spacial score (nSPS) is 11.3. The molecule has 0 rings (SSSR count). The van der Waals surface area contributed by atoms with Gasteiger partial charge in [-0.3, -0.25) is 9.59 Å². The Morgan fingerprint density at radius 3 is 1.91 bits per heavy atom. The van der Waals surface area contributed by atoms with Gasteiger partial charge in [0.15, 0.2) is 5.78 Å². The average molecular weight is 168 g/mol. The van der Waals surface area contributed by atoms with Gasteiger partial charge in [0.05, 0.1) is 0 Å². The third-order valence-corrected chi connectivity index (χ3v) is 0.993. The molecule has 0 spiro atoms. The minimum Gasteiger partial charge on any atom is -0.291 e. The summed E-state index contributed by atoms with van der Waals surface area (Å²) >= 11 is 0. The van der Waals surface area contributed by atoms with E-state index in [-0.39, 0.29) is 6.42 Å². The maximum atomic E-state index is 11.4. The number of alkyl halides is 3. The summed E-state index contributed by atoms with van der Waals surface area (Å²) in [4.78, 5) is 20.7. The molecule has 0 saturated carbocycles. The number of carbonyl (C=O) groups is 2. The molecule has 11 heavy (non-hydrogen) atoms. The summed E-state index contributed by atoms with van der Waals surface area (Å²) in [5.41, 5.74) is 0. The Morgan fingerprint density at radius 2 is 1.64 bits per heavy atom. The molecule has 0 aliphatic heterocycles. The molecule has 0 aromatic rings. The van der Waals surface area contributed by atoms with Crippen LogP contribution in [0.25, 0.3) is 0 Å². The minimum absolute atomic E-state index is 0.172. The molecule has 0 heterocycles. The van der Waals surface area contributed by atoms with Gasteiger partial charge in [0.25, 0.3) is 0 Å². The third-order valence-electron chi connectivity index (χ3n) is 0.993. The maximum absolute atomic E-state index is 11.4. The van der Waals surface area contributed by atoms with Crippen molar-refractivity contribution in [2.75, 3.05) is 0 Å². The van der Waals surface area contributed by atoms with Crippen LogP contribution < -0.4 is 0 Å². The summed E-state index contributed by atoms with van der Waals surface area (Å²) in [6.45, 7) is 1.34. The summed E-state index contributed by atoms with van der Waals surface area (Å²) in [5.74, 6) is -2.33. The summed E-state index contributed by atoms with van der Waals surface area (Å²) in [6, 6.07) is 0. The Labute approximate surface area is 61.4 Å². The Kier molecular flexibility index (Phi) is 3.22. The van der Waals surface area contributed by atoms with Gasteiger partial charge in [-0.15, -0.1) is 0 Å². The van der Waals surface area contributed by atoms with E-state index in [1.807, 2.05) is 0 Å². The fourth-order valence-corrected chi connectivity index (χ4v) is 0.478. The van der Waals surface area contributed by atoms with Crippen LogP contribution in [0, 0.1) is 0 Å². The highest BCUT2D eigenvalue weighted by atomic mass is 19.4. The lowest BCUT2D eigenvalue weighted by molar-refractivity contribution is -0.157. The molecule has 0 N–H and O–H groups in total. The largest absolute Gasteiger partial charge is 0.396 e. The van der Waals surface area contributed by atoms with Crippen molar-refractivity contribution in [1.82, 2.24) is 0 Å². The lowest BCUT2D eigenvalue weighted by Gasteiger charge is -2.02. The zero-order valence-electron chi connectivity index (χ0n) is 5.86. The number of carbonyl (C=O) groups excluding carboxylic acids is 2. The molecule has 0 unspecified atom stereocenters. The van der Waals surface area contributed by atoms with Gasteiger partial charge in [-0.1, -0.05) is 6.92 Å². The second-order valence-corrected chi connectivity index (χ2v) is 1.99. The Bertz CT molecular complexity index is 171. The van der Waals surface area contributed by atoms with E-state index in [9.17, 15) is 22.8 Å². The number of halogens is 3. The highest BCUT2D eigenvalue weighted by molar-refractivity contribution is 6.37. The molecule has 0 bridgehead atoms. The number of hydrogen-bond donors (Lipinski definition) is 0. The van der Waals surface area contributed by atoms with Crippen LogP contribution in [-0.2, 0) is 9.59 Å². The topological polar surface area (TPSA) is 34.1 Å². The summed E-state index contributed by atoms with van der Waals surface area (Å²) in [7, 11) is 0. The molecule has 0 amide bonds. The first-order chi connectivity index (χ1) is 4.87. The van der Waals surface area contributed by atoms with Crippen molar-refractivity contribution in [3.05, 3.63) is 0 Å². The molecule has 0 radical (unpaired) electrons. The van der Waals surface area contributed by atoms with E-state index in [1.165, 1.54) is 6.92 Å². The van der Waals surface area contributed by atoms with Crippen LogP contribution in [0.1, 0.15) is 19.8 Å². The monoisotopic (exact) mass is 168 g/mol. The fourth-order valence-electron chi connectivity index (χ4n) is 0.478. The fraction of sp³-hybridized carbons (Fsp3) is 0.667. The molecule has 0 fully saturated rings. The predicted molar refractivity (Wildman–Crippen MR) is 31.0 cm³/mol. The van der Waals surface area contributed by atoms with Gasteiger partial charge in [-0.05, 0) is 0 Å². The summed E-state index contributed by atoms with van der Waals surface area (Å²) in [5, 5.41) is 0. The van der Waals surface area contributed by atoms with Crippen molar-refractivity contribution in [2.24, 2.45) is 0 Å². The van der Waals surface area contributed by atoms with Gasteiger partial charge in [0.1, 0.15) is 6.42 Å². The lowest BCUT2D eigenvalue weighted by atomic mass is 10.1. The Morgan fingerprint density at radius 1 is 1.18 bits per heavy atom. The van der Waals surface area contributed by atoms with Crippen molar-refractivity contribution in [3.8, 4) is 0 Å². The SMILES string of the molecule is CCC(=O)C(=O)CC(F)(F)F. The molecule has 0 aromatic carbocycles. The van der Waals surface area contributed by atoms with Crippen molar-refractivity contribution < 1.29 is 22.8 Å². The van der Waals surface area contributed by atoms with E-state index in [4.69, 9.17) is 0 Å². The van der Waals surface area contributed by atoms with Gasteiger partial charge in [0.2, 0.25) is 5.78 Å². The van der Waals surface area contributed by atoms with Crippen LogP contribution in [0.4, 0.5) is 13.2 Å². The first-order valence-corrected chi connectivity index (χ1v) is 2.99. The second-order valence-electron chi connectivity index (χ2n) is 1.99. The van der Waals surface area contributed by atoms with Crippen LogP contribution in [0.15, 0.2) is 0 Å². The van der Waals surface area contributed by atoms with Crippen molar-refractivity contribution >= 4 is 11.6 Å². The smallest absolute Gasteiger partial charge is 0.291 e. The number of ketones is 2. The standard InChI is InChI=1S/C6H7F3O2/c1-2-4(10)5(11)3-6(7,8)9/h2-3H2,1H3. The molecule has 0 atom stereocenters. The Hall–Kier alpha value is -0.870. The lowest BCUT2D eigenvalue weighted by Crippen LogP contribution is -2.21. The quantitative estimate of drug-likeness (QED) is 0.598. The molecule has 0 aliphatic carbocycles. The summed E-state index contributed by atoms with van der Waals surface area (Å²) < 4.78 is 34.3. The molecule has 64 valence electrons. The first-order valence-electron chi connectivity index (χ1n) is 2.99. The van der Waals surface area contributed by atoms with Crippen LogP contribution in [0.2, 0.25) is 0 Å². The molecule has 5 heteroatoms. The van der Waals surface area contributed by atoms with Gasteiger partial charge in [-0.2, -0.15) is 13.2 Å². The second kappa shape index (κ2) is 3.50. The molecule has 2 nitrogen and oxygen atoms in total. The Balaban J connectivity index is 3.99. The highest BCUT2D eigenvalue weighted by Crippen LogP contribution is 2.19. The van der Waals surface area contributed by atoms with E-state index in [2.05, 4.69) is 0 Å². The maximum Gasteiger partial charge on any atom is 0.396 e. The zero-order valence-corrected chi connectivity index (χ0v) is 5.86. The minimum atomic E-state index is -4.57. The van der Waals surface area contributed by atoms with Crippen molar-refractivity contribution in [3.63, 3.8) is 0 Å². The van der Waals surface area contributed by atoms with E-state index in [1.54, 1.807) is 0 Å². The van der Waals surface area contributed by atoms with Crippen LogP contribution in [0.5, 0.6) is 0 Å². The average Bonchev–Trinajstić information content (AvgIpc) is 1.82. The van der Waals surface area contributed by atoms with Crippen LogP contribution in [-0.4, -0.2) is 17.7 Å². The molecule has 0 saturated heterocycles. The summed E-state index contributed by atoms with van der Waals surface area (Å²) in [6.07, 6.45) is -6.38. The van der Waals surface area contributed by atoms with E-state index < -0.39 is 24.2 Å². The number of hydrogen-bond acceptors (Lipinski definition) is 2. The molecule has 0 aliphatic rings. The van der Waals surface area contributed by atoms with Gasteiger partial charge >= 0.3 is 6.18 Å². The van der Waals surface area contributed by atoms with E-state index in [0.717, 1.165) is 0 Å². The number of Topliss-reactive ketones (excluding diaryl/α,β-unsaturated/α-hetero) is 2. The van der Waals surface area contributed by atoms with Crippen LogP contribution >= 0.6 is 0 Å². The van der Waals surface area contributed by atoms with Crippen molar-refractivity contribution in [1.29, 1.82) is 0 Å². The van der Waals surface area contributed by atoms with Crippen molar-refractivity contribution in [2.45, 2.75) is 25.9 Å². The third kappa shape index (κ3) is 4.52. The molecular weight excluding hydrogens is 161 g/mol. The van der Waals surface area contributed by atoms with Crippen LogP contribution in [0.3, 0.4) is 0 Å².